The Morgan fingerprint density at radius 1 is 1.86 bits per heavy atom. The van der Waals surface area contributed by atoms with E-state index in [1.54, 1.807) is 5.51 Å². The summed E-state index contributed by atoms with van der Waals surface area (Å²) < 4.78 is 0.892. The quantitative estimate of drug-likeness (QED) is 0.485. The largest absolute Gasteiger partial charge is 0.184 e. The number of thiol groups is 1. The highest BCUT2D eigenvalue weighted by Crippen LogP contribution is 2.21. The highest BCUT2D eigenvalue weighted by Gasteiger charge is 1.88. The van der Waals surface area contributed by atoms with Crippen LogP contribution >= 0.6 is 33.8 Å². The minimum atomic E-state index is 0.892. The lowest BCUT2D eigenvalue weighted by atomic mass is 11.6. The predicted octanol–water partition coefficient (Wildman–Crippen LogP) is 1.47. The first-order valence-electron chi connectivity index (χ1n) is 1.51. The van der Waals surface area contributed by atoms with Crippen LogP contribution in [0.3, 0.4) is 0 Å². The summed E-state index contributed by atoms with van der Waals surface area (Å²) in [6.45, 7) is 0. The molecule has 0 aliphatic rings. The summed E-state index contributed by atoms with van der Waals surface area (Å²) in [6.07, 6.45) is 0. The van der Waals surface area contributed by atoms with Crippen molar-refractivity contribution < 1.29 is 0 Å². The van der Waals surface area contributed by atoms with Gasteiger partial charge in [-0.1, -0.05) is 11.3 Å². The van der Waals surface area contributed by atoms with E-state index in [2.05, 4.69) is 21.9 Å². The average molecular weight is 150 g/mol. The molecular weight excluding hydrogens is 148 g/mol. The summed E-state index contributed by atoms with van der Waals surface area (Å²) in [5.41, 5.74) is 1.68. The molecule has 0 aliphatic carbocycles. The Bertz CT molecular complexity index is 125. The van der Waals surface area contributed by atoms with Crippen LogP contribution in [0, 0.1) is 0 Å². The molecule has 1 rings (SSSR count). The fourth-order valence-corrected chi connectivity index (χ4v) is 1.36. The lowest BCUT2D eigenvalue weighted by molar-refractivity contribution is 1.01. The monoisotopic (exact) mass is 150 g/mol. The van der Waals surface area contributed by atoms with Crippen LogP contribution in [0.15, 0.2) is 9.85 Å². The van der Waals surface area contributed by atoms with Crippen LogP contribution in [0.25, 0.3) is 0 Å². The third-order valence-electron chi connectivity index (χ3n) is 0.418. The van der Waals surface area contributed by atoms with Gasteiger partial charge in [-0.15, -0.1) is 21.9 Å². The smallest absolute Gasteiger partial charge is 0.146 e. The van der Waals surface area contributed by atoms with Gasteiger partial charge in [-0.05, 0) is 10.8 Å². The molecule has 0 spiro atoms. The second kappa shape index (κ2) is 2.54. The number of hydrogen-bond donors (Lipinski definition) is 1. The molecule has 0 radical (unpaired) electrons. The Hall–Kier alpha value is 0.260. The molecule has 0 unspecified atom stereocenters. The van der Waals surface area contributed by atoms with Crippen LogP contribution in [0.4, 0.5) is 0 Å². The molecule has 0 amide bonds. The standard InChI is InChI=1S/C2H2N2S3/c5-7-2-4-3-1-6-2/h1,5H. The molecule has 5 heteroatoms. The number of aromatic nitrogens is 2. The molecular formula is C2H2N2S3. The Morgan fingerprint density at radius 2 is 2.71 bits per heavy atom. The Balaban J connectivity index is 2.76. The summed E-state index contributed by atoms with van der Waals surface area (Å²) >= 11 is 5.39. The van der Waals surface area contributed by atoms with Gasteiger partial charge in [0, 0.05) is 0 Å². The van der Waals surface area contributed by atoms with E-state index in [4.69, 9.17) is 0 Å². The molecule has 7 heavy (non-hydrogen) atoms. The van der Waals surface area contributed by atoms with Crippen LogP contribution in [-0.4, -0.2) is 10.2 Å². The minimum absolute atomic E-state index is 0.892. The second-order valence-corrected chi connectivity index (χ2v) is 3.00. The zero-order valence-corrected chi connectivity index (χ0v) is 5.76. The van der Waals surface area contributed by atoms with Crippen molar-refractivity contribution in [2.24, 2.45) is 0 Å². The third-order valence-corrected chi connectivity index (χ3v) is 2.57. The van der Waals surface area contributed by atoms with Crippen molar-refractivity contribution in [3.05, 3.63) is 5.51 Å². The Labute approximate surface area is 54.2 Å². The van der Waals surface area contributed by atoms with Gasteiger partial charge < -0.3 is 0 Å². The maximum Gasteiger partial charge on any atom is 0.184 e. The highest BCUT2D eigenvalue weighted by molar-refractivity contribution is 8.69. The molecule has 0 fully saturated rings. The van der Waals surface area contributed by atoms with Gasteiger partial charge in [0.05, 0.1) is 0 Å². The molecule has 0 atom stereocenters. The molecule has 1 aromatic rings. The van der Waals surface area contributed by atoms with Crippen molar-refractivity contribution in [1.82, 2.24) is 10.2 Å². The molecule has 1 aromatic heterocycles. The molecule has 0 N–H and O–H groups in total. The van der Waals surface area contributed by atoms with Crippen molar-refractivity contribution in [1.29, 1.82) is 0 Å². The number of rotatable bonds is 1. The first-order valence-corrected chi connectivity index (χ1v) is 4.26. The summed E-state index contributed by atoms with van der Waals surface area (Å²) in [5.74, 6) is 0. The number of nitrogens with zero attached hydrogens (tertiary/aromatic N) is 2. The zero-order chi connectivity index (χ0) is 5.11. The van der Waals surface area contributed by atoms with Gasteiger partial charge >= 0.3 is 0 Å². The van der Waals surface area contributed by atoms with E-state index in [-0.39, 0.29) is 0 Å². The third kappa shape index (κ3) is 1.32. The summed E-state index contributed by atoms with van der Waals surface area (Å²) in [4.78, 5) is 0. The van der Waals surface area contributed by atoms with Crippen molar-refractivity contribution in [3.63, 3.8) is 0 Å². The van der Waals surface area contributed by atoms with E-state index in [1.807, 2.05) is 0 Å². The van der Waals surface area contributed by atoms with Gasteiger partial charge in [0.15, 0.2) is 4.34 Å². The molecule has 38 valence electrons. The van der Waals surface area contributed by atoms with E-state index < -0.39 is 0 Å². The maximum absolute atomic E-state index is 3.90. The van der Waals surface area contributed by atoms with Gasteiger partial charge in [-0.3, -0.25) is 0 Å². The fourth-order valence-electron chi connectivity index (χ4n) is 0.203. The normalized spacial score (nSPS) is 9.29. The Kier molecular flexibility index (Phi) is 1.96. The molecule has 0 saturated heterocycles. The zero-order valence-electron chi connectivity index (χ0n) is 3.24. The molecule has 0 aromatic carbocycles. The highest BCUT2D eigenvalue weighted by atomic mass is 33.1. The van der Waals surface area contributed by atoms with Gasteiger partial charge in [0.2, 0.25) is 0 Å². The van der Waals surface area contributed by atoms with Crippen molar-refractivity contribution in [2.75, 3.05) is 0 Å². The predicted molar refractivity (Wildman–Crippen MR) is 34.8 cm³/mol. The molecule has 0 saturated carbocycles. The van der Waals surface area contributed by atoms with Gasteiger partial charge in [0.1, 0.15) is 5.51 Å². The van der Waals surface area contributed by atoms with Crippen molar-refractivity contribution >= 4 is 33.8 Å². The molecule has 1 heterocycles. The van der Waals surface area contributed by atoms with E-state index in [1.165, 1.54) is 22.1 Å². The Morgan fingerprint density at radius 3 is 3.00 bits per heavy atom. The van der Waals surface area contributed by atoms with Crippen LogP contribution in [0.1, 0.15) is 0 Å². The lowest BCUT2D eigenvalue weighted by Gasteiger charge is -1.73. The topological polar surface area (TPSA) is 25.8 Å². The first kappa shape index (κ1) is 5.40. The lowest BCUT2D eigenvalue weighted by Crippen LogP contribution is -1.61. The van der Waals surface area contributed by atoms with E-state index >= 15 is 0 Å². The van der Waals surface area contributed by atoms with Crippen LogP contribution < -0.4 is 0 Å². The molecule has 2 nitrogen and oxygen atoms in total. The van der Waals surface area contributed by atoms with Gasteiger partial charge in [-0.25, -0.2) is 0 Å². The van der Waals surface area contributed by atoms with E-state index in [0.717, 1.165) is 4.34 Å². The van der Waals surface area contributed by atoms with Crippen molar-refractivity contribution in [3.8, 4) is 0 Å². The van der Waals surface area contributed by atoms with Gasteiger partial charge in [0.25, 0.3) is 0 Å². The van der Waals surface area contributed by atoms with Crippen LogP contribution in [0.2, 0.25) is 0 Å². The van der Waals surface area contributed by atoms with Crippen molar-refractivity contribution in [2.45, 2.75) is 4.34 Å². The SMILES string of the molecule is SSc1nncs1. The molecule has 0 bridgehead atoms. The van der Waals surface area contributed by atoms with Gasteiger partial charge in [-0.2, -0.15) is 0 Å². The second-order valence-electron chi connectivity index (χ2n) is 0.796. The summed E-state index contributed by atoms with van der Waals surface area (Å²) in [6, 6.07) is 0. The number of hydrogen-bond acceptors (Lipinski definition) is 5. The van der Waals surface area contributed by atoms with Crippen LogP contribution in [0.5, 0.6) is 0 Å². The fraction of sp³-hybridized carbons (Fsp3) is 0. The van der Waals surface area contributed by atoms with Crippen LogP contribution in [-0.2, 0) is 0 Å². The average Bonchev–Trinajstić information content (AvgIpc) is 2.14. The minimum Gasteiger partial charge on any atom is -0.146 e. The molecule has 0 aliphatic heterocycles. The first-order chi connectivity index (χ1) is 3.43. The van der Waals surface area contributed by atoms with E-state index in [9.17, 15) is 0 Å². The van der Waals surface area contributed by atoms with E-state index in [0.29, 0.717) is 0 Å². The maximum atomic E-state index is 3.90. The summed E-state index contributed by atoms with van der Waals surface area (Å²) in [5, 5.41) is 7.28. The summed E-state index contributed by atoms with van der Waals surface area (Å²) in [7, 11) is 1.31.